The molecule has 5 atom stereocenters. The molecule has 6 nitrogen and oxygen atoms in total. The van der Waals surface area contributed by atoms with Gasteiger partial charge in [-0.05, 0) is 25.6 Å². The van der Waals surface area contributed by atoms with E-state index in [4.69, 9.17) is 17.0 Å². The molecule has 0 aromatic carbocycles. The van der Waals surface area contributed by atoms with Gasteiger partial charge in [-0.3, -0.25) is 0 Å². The molecule has 1 aliphatic heterocycles. The van der Waals surface area contributed by atoms with Gasteiger partial charge in [0.05, 0.1) is 18.8 Å². The van der Waals surface area contributed by atoms with Gasteiger partial charge < -0.3 is 30.7 Å². The summed E-state index contributed by atoms with van der Waals surface area (Å²) in [5.41, 5.74) is 0. The van der Waals surface area contributed by atoms with Crippen LogP contribution in [0.3, 0.4) is 0 Å². The van der Waals surface area contributed by atoms with Crippen molar-refractivity contribution in [2.24, 2.45) is 0 Å². The highest BCUT2D eigenvalue weighted by molar-refractivity contribution is 7.80. The fourth-order valence-electron chi connectivity index (χ4n) is 2.15. The van der Waals surface area contributed by atoms with E-state index in [-0.39, 0.29) is 6.61 Å². The van der Waals surface area contributed by atoms with E-state index in [0.29, 0.717) is 18.1 Å². The van der Waals surface area contributed by atoms with Crippen molar-refractivity contribution in [3.63, 3.8) is 0 Å². The van der Waals surface area contributed by atoms with Gasteiger partial charge in [0, 0.05) is 6.54 Å². The van der Waals surface area contributed by atoms with E-state index in [0.717, 1.165) is 6.42 Å². The van der Waals surface area contributed by atoms with Crippen molar-refractivity contribution in [3.05, 3.63) is 0 Å². The molecule has 0 spiro atoms. The van der Waals surface area contributed by atoms with Crippen LogP contribution in [0.5, 0.6) is 0 Å². The van der Waals surface area contributed by atoms with Gasteiger partial charge in [-0.1, -0.05) is 13.3 Å². The Kier molecular flexibility index (Phi) is 6.95. The van der Waals surface area contributed by atoms with Crippen molar-refractivity contribution in [3.8, 4) is 0 Å². The number of rotatable bonds is 5. The second-order valence-electron chi connectivity index (χ2n) is 4.75. The smallest absolute Gasteiger partial charge is 0.166 e. The number of aliphatic hydroxyl groups is 3. The van der Waals surface area contributed by atoms with E-state index in [2.05, 4.69) is 10.6 Å². The van der Waals surface area contributed by atoms with E-state index in [9.17, 15) is 15.3 Å². The highest BCUT2D eigenvalue weighted by atomic mass is 32.1. The summed E-state index contributed by atoms with van der Waals surface area (Å²) < 4.78 is 5.46. The van der Waals surface area contributed by atoms with Crippen molar-refractivity contribution in [2.45, 2.75) is 57.1 Å². The molecular formula is C12H24N2O4S. The molecule has 0 aromatic rings. The summed E-state index contributed by atoms with van der Waals surface area (Å²) in [7, 11) is 0. The van der Waals surface area contributed by atoms with Gasteiger partial charge in [0.1, 0.15) is 18.3 Å². The molecule has 112 valence electrons. The third kappa shape index (κ3) is 4.54. The predicted octanol–water partition coefficient (Wildman–Crippen LogP) is -0.879. The van der Waals surface area contributed by atoms with Crippen molar-refractivity contribution in [1.29, 1.82) is 0 Å². The maximum absolute atomic E-state index is 10.1. The first kappa shape index (κ1) is 16.6. The average Bonchev–Trinajstić information content (AvgIpc) is 2.35. The first-order chi connectivity index (χ1) is 9.01. The second kappa shape index (κ2) is 7.96. The molecule has 0 amide bonds. The van der Waals surface area contributed by atoms with E-state index in [1.807, 2.05) is 13.8 Å². The van der Waals surface area contributed by atoms with Gasteiger partial charge in [-0.25, -0.2) is 0 Å². The van der Waals surface area contributed by atoms with Crippen LogP contribution >= 0.6 is 12.2 Å². The van der Waals surface area contributed by atoms with E-state index < -0.39 is 30.5 Å². The van der Waals surface area contributed by atoms with Crippen LogP contribution in [-0.2, 0) is 4.74 Å². The van der Waals surface area contributed by atoms with Crippen LogP contribution in [0.1, 0.15) is 26.7 Å². The molecule has 5 N–H and O–H groups in total. The summed E-state index contributed by atoms with van der Waals surface area (Å²) in [6, 6.07) is -0.480. The third-order valence-electron chi connectivity index (χ3n) is 3.18. The highest BCUT2D eigenvalue weighted by Gasteiger charge is 2.41. The Morgan fingerprint density at radius 3 is 2.63 bits per heavy atom. The van der Waals surface area contributed by atoms with Crippen LogP contribution in [0.25, 0.3) is 0 Å². The maximum atomic E-state index is 10.1. The van der Waals surface area contributed by atoms with Crippen molar-refractivity contribution in [1.82, 2.24) is 10.6 Å². The minimum absolute atomic E-state index is 0.190. The minimum Gasteiger partial charge on any atom is -0.390 e. The largest absolute Gasteiger partial charge is 0.390 e. The van der Waals surface area contributed by atoms with Crippen molar-refractivity contribution in [2.75, 3.05) is 13.2 Å². The molecule has 5 unspecified atom stereocenters. The average molecular weight is 292 g/mol. The lowest BCUT2D eigenvalue weighted by Crippen LogP contribution is -2.62. The van der Waals surface area contributed by atoms with Gasteiger partial charge in [-0.2, -0.15) is 0 Å². The number of nitrogens with one attached hydrogen (secondary N) is 2. The van der Waals surface area contributed by atoms with Crippen LogP contribution < -0.4 is 10.6 Å². The van der Waals surface area contributed by atoms with Crippen LogP contribution in [0, 0.1) is 0 Å². The Hall–Kier alpha value is -0.470. The van der Waals surface area contributed by atoms with Gasteiger partial charge in [0.25, 0.3) is 0 Å². The van der Waals surface area contributed by atoms with Gasteiger partial charge in [0.2, 0.25) is 0 Å². The van der Waals surface area contributed by atoms with Crippen molar-refractivity contribution >= 4 is 17.3 Å². The topological polar surface area (TPSA) is 94.0 Å². The Labute approximate surface area is 119 Å². The summed E-state index contributed by atoms with van der Waals surface area (Å²) in [4.78, 5) is 0. The standard InChI is InChI=1S/C12H24N2O4S/c1-3-5-8(15)11-10(17)9(16)7(6-18-11)14-12(19)13-4-2/h7-11,15-17H,3-6H2,1-2H3,(H2,13,14,19). The molecule has 0 bridgehead atoms. The number of hydrogen-bond acceptors (Lipinski definition) is 5. The lowest BCUT2D eigenvalue weighted by Gasteiger charge is -2.40. The molecule has 1 rings (SSSR count). The molecule has 7 heteroatoms. The summed E-state index contributed by atoms with van der Waals surface area (Å²) in [6.07, 6.45) is -2.35. The molecular weight excluding hydrogens is 268 g/mol. The Morgan fingerprint density at radius 2 is 2.05 bits per heavy atom. The zero-order valence-electron chi connectivity index (χ0n) is 11.4. The minimum atomic E-state index is -1.13. The normalized spacial score (nSPS) is 32.7. The summed E-state index contributed by atoms with van der Waals surface area (Å²) in [5.74, 6) is 0. The predicted molar refractivity (Wildman–Crippen MR) is 75.9 cm³/mol. The third-order valence-corrected chi connectivity index (χ3v) is 3.45. The summed E-state index contributed by atoms with van der Waals surface area (Å²) in [6.45, 7) is 4.72. The van der Waals surface area contributed by atoms with Crippen LogP contribution in [0.4, 0.5) is 0 Å². The van der Waals surface area contributed by atoms with Crippen LogP contribution in [-0.4, -0.2) is 64.0 Å². The molecule has 19 heavy (non-hydrogen) atoms. The fraction of sp³-hybridized carbons (Fsp3) is 0.917. The lowest BCUT2D eigenvalue weighted by molar-refractivity contribution is -0.180. The highest BCUT2D eigenvalue weighted by Crippen LogP contribution is 2.20. The zero-order valence-corrected chi connectivity index (χ0v) is 12.2. The quantitative estimate of drug-likeness (QED) is 0.420. The summed E-state index contributed by atoms with van der Waals surface area (Å²) in [5, 5.41) is 36.1. The van der Waals surface area contributed by atoms with Crippen molar-refractivity contribution < 1.29 is 20.1 Å². The van der Waals surface area contributed by atoms with Crippen LogP contribution in [0.15, 0.2) is 0 Å². The van der Waals surface area contributed by atoms with Gasteiger partial charge >= 0.3 is 0 Å². The van der Waals surface area contributed by atoms with E-state index >= 15 is 0 Å². The Balaban J connectivity index is 2.54. The molecule has 0 aromatic heterocycles. The number of aliphatic hydroxyl groups excluding tert-OH is 3. The number of thiocarbonyl (C=S) groups is 1. The van der Waals surface area contributed by atoms with Gasteiger partial charge in [0.15, 0.2) is 5.11 Å². The van der Waals surface area contributed by atoms with Gasteiger partial charge in [-0.15, -0.1) is 0 Å². The molecule has 0 radical (unpaired) electrons. The molecule has 1 saturated heterocycles. The maximum Gasteiger partial charge on any atom is 0.166 e. The fourth-order valence-corrected chi connectivity index (χ4v) is 2.45. The zero-order chi connectivity index (χ0) is 14.4. The number of hydrogen-bond donors (Lipinski definition) is 5. The molecule has 0 saturated carbocycles. The lowest BCUT2D eigenvalue weighted by atomic mass is 9.93. The van der Waals surface area contributed by atoms with E-state index in [1.54, 1.807) is 0 Å². The molecule has 0 aliphatic carbocycles. The molecule has 1 heterocycles. The number of ether oxygens (including phenoxy) is 1. The second-order valence-corrected chi connectivity index (χ2v) is 5.15. The molecule has 1 aliphatic rings. The van der Waals surface area contributed by atoms with Crippen LogP contribution in [0.2, 0.25) is 0 Å². The SMILES string of the molecule is CCCC(O)C1OCC(NC(=S)NCC)C(O)C1O. The Morgan fingerprint density at radius 1 is 1.37 bits per heavy atom. The monoisotopic (exact) mass is 292 g/mol. The Bertz CT molecular complexity index is 293. The summed E-state index contributed by atoms with van der Waals surface area (Å²) >= 11 is 5.03. The first-order valence-corrected chi connectivity index (χ1v) is 7.12. The first-order valence-electron chi connectivity index (χ1n) is 6.71. The molecule has 1 fully saturated rings. The van der Waals surface area contributed by atoms with E-state index in [1.165, 1.54) is 0 Å².